The van der Waals surface area contributed by atoms with Crippen LogP contribution in [0.5, 0.6) is 0 Å². The van der Waals surface area contributed by atoms with Crippen LogP contribution in [0.3, 0.4) is 0 Å². The van der Waals surface area contributed by atoms with Gasteiger partial charge in [-0.1, -0.05) is 22.0 Å². The van der Waals surface area contributed by atoms with Gasteiger partial charge in [0, 0.05) is 21.9 Å². The monoisotopic (exact) mass is 507 g/mol. The van der Waals surface area contributed by atoms with Crippen LogP contribution >= 0.6 is 28.1 Å². The average molecular weight is 508 g/mol. The smallest absolute Gasteiger partial charge is 0.174 e. The van der Waals surface area contributed by atoms with Crippen LogP contribution in [-0.2, 0) is 0 Å². The number of rotatable bonds is 4. The van der Waals surface area contributed by atoms with Crippen LogP contribution in [-0.4, -0.2) is 10.1 Å². The Labute approximate surface area is 199 Å². The van der Waals surface area contributed by atoms with Gasteiger partial charge in [-0.2, -0.15) is 0 Å². The molecule has 0 unspecified atom stereocenters. The van der Waals surface area contributed by atoms with Gasteiger partial charge < -0.3 is 14.6 Å². The molecule has 2 aromatic heterocycles. The topological polar surface area (TPSA) is 41.3 Å². The number of thiocarbonyl (C=S) groups is 1. The molecule has 2 atom stereocenters. The van der Waals surface area contributed by atoms with E-state index in [0.29, 0.717) is 10.9 Å². The normalized spacial score (nSPS) is 18.1. The van der Waals surface area contributed by atoms with E-state index < -0.39 is 0 Å². The quantitative estimate of drug-likeness (QED) is 0.310. The molecular formula is C25H19BrFN3OS. The van der Waals surface area contributed by atoms with Gasteiger partial charge in [-0.05, 0) is 91.4 Å². The van der Waals surface area contributed by atoms with Crippen molar-refractivity contribution in [1.82, 2.24) is 10.3 Å². The van der Waals surface area contributed by atoms with Crippen LogP contribution in [0.15, 0.2) is 87.9 Å². The fraction of sp³-hybridized carbons (Fsp3) is 0.120. The van der Waals surface area contributed by atoms with E-state index in [1.807, 2.05) is 49.4 Å². The van der Waals surface area contributed by atoms with Crippen molar-refractivity contribution in [3.05, 3.63) is 106 Å². The number of aryl methyl sites for hydroxylation is 1. The Morgan fingerprint density at radius 2 is 1.88 bits per heavy atom. The standard InChI is InChI=1S/C25H19BrFN3OS/c1-15-14-18(9-10-19(15)26)30-24(23(29-25(30)32)20-4-2-3-13-28-20)22-12-11-21(31-22)16-5-7-17(27)8-6-16/h2-14,23-24H,1H3,(H,29,32)/t23-,24-/m0/s1. The summed E-state index contributed by atoms with van der Waals surface area (Å²) in [5, 5.41) is 4.04. The molecule has 2 aromatic carbocycles. The lowest BCUT2D eigenvalue weighted by Crippen LogP contribution is -2.29. The van der Waals surface area contributed by atoms with Gasteiger partial charge in [-0.3, -0.25) is 4.98 Å². The maximum absolute atomic E-state index is 13.4. The molecule has 1 aliphatic heterocycles. The second-order valence-electron chi connectivity index (χ2n) is 7.64. The molecule has 1 aliphatic rings. The fourth-order valence-corrected chi connectivity index (χ4v) is 4.57. The summed E-state index contributed by atoms with van der Waals surface area (Å²) in [5.41, 5.74) is 3.76. The SMILES string of the molecule is Cc1cc(N2C(=S)N[C@@H](c3ccccn3)[C@@H]2c2ccc(-c3ccc(F)cc3)o2)ccc1Br. The summed E-state index contributed by atoms with van der Waals surface area (Å²) in [4.78, 5) is 6.64. The van der Waals surface area contributed by atoms with Crippen molar-refractivity contribution in [2.45, 2.75) is 19.0 Å². The maximum Gasteiger partial charge on any atom is 0.174 e. The first-order valence-corrected chi connectivity index (χ1v) is 11.3. The number of nitrogens with zero attached hydrogens (tertiary/aromatic N) is 2. The Kier molecular flexibility index (Phi) is 5.53. The van der Waals surface area contributed by atoms with E-state index in [0.717, 1.165) is 32.7 Å². The van der Waals surface area contributed by atoms with Crippen LogP contribution in [0.4, 0.5) is 10.1 Å². The van der Waals surface area contributed by atoms with Crippen LogP contribution in [0.1, 0.15) is 29.1 Å². The molecule has 0 amide bonds. The first-order valence-electron chi connectivity index (χ1n) is 10.1. The lowest BCUT2D eigenvalue weighted by Gasteiger charge is -2.26. The Morgan fingerprint density at radius 1 is 1.06 bits per heavy atom. The molecule has 32 heavy (non-hydrogen) atoms. The lowest BCUT2D eigenvalue weighted by molar-refractivity contribution is 0.439. The van der Waals surface area contributed by atoms with Crippen molar-refractivity contribution in [2.24, 2.45) is 0 Å². The molecule has 4 nitrogen and oxygen atoms in total. The van der Waals surface area contributed by atoms with Crippen molar-refractivity contribution in [1.29, 1.82) is 0 Å². The summed E-state index contributed by atoms with van der Waals surface area (Å²) in [5.74, 6) is 1.13. The first kappa shape index (κ1) is 20.8. The van der Waals surface area contributed by atoms with Crippen LogP contribution in [0.2, 0.25) is 0 Å². The van der Waals surface area contributed by atoms with Gasteiger partial charge in [-0.25, -0.2) is 4.39 Å². The van der Waals surface area contributed by atoms with Gasteiger partial charge >= 0.3 is 0 Å². The minimum Gasteiger partial charge on any atom is -0.459 e. The Hall–Kier alpha value is -3.03. The highest BCUT2D eigenvalue weighted by Crippen LogP contribution is 2.43. The summed E-state index contributed by atoms with van der Waals surface area (Å²) >= 11 is 9.33. The Morgan fingerprint density at radius 3 is 2.59 bits per heavy atom. The highest BCUT2D eigenvalue weighted by molar-refractivity contribution is 9.10. The molecule has 1 N–H and O–H groups in total. The van der Waals surface area contributed by atoms with Gasteiger partial charge in [0.2, 0.25) is 0 Å². The third kappa shape index (κ3) is 3.82. The summed E-state index contributed by atoms with van der Waals surface area (Å²) < 4.78 is 20.7. The molecule has 160 valence electrons. The lowest BCUT2D eigenvalue weighted by atomic mass is 10.0. The van der Waals surface area contributed by atoms with Crippen LogP contribution in [0, 0.1) is 12.7 Å². The number of benzene rings is 2. The van der Waals surface area contributed by atoms with Crippen molar-refractivity contribution in [3.63, 3.8) is 0 Å². The molecule has 3 heterocycles. The maximum atomic E-state index is 13.4. The third-order valence-corrected chi connectivity index (χ3v) is 6.77. The van der Waals surface area contributed by atoms with E-state index in [9.17, 15) is 4.39 Å². The second-order valence-corrected chi connectivity index (χ2v) is 8.88. The predicted molar refractivity (Wildman–Crippen MR) is 131 cm³/mol. The Bertz CT molecular complexity index is 1280. The van der Waals surface area contributed by atoms with E-state index in [4.69, 9.17) is 16.6 Å². The molecule has 0 bridgehead atoms. The van der Waals surface area contributed by atoms with Crippen molar-refractivity contribution < 1.29 is 8.81 Å². The molecule has 0 spiro atoms. The summed E-state index contributed by atoms with van der Waals surface area (Å²) in [6.07, 6.45) is 1.77. The van der Waals surface area contributed by atoms with E-state index in [1.165, 1.54) is 12.1 Å². The number of pyridine rings is 1. The van der Waals surface area contributed by atoms with E-state index in [1.54, 1.807) is 18.3 Å². The predicted octanol–water partition coefficient (Wildman–Crippen LogP) is 6.73. The zero-order chi connectivity index (χ0) is 22.2. The van der Waals surface area contributed by atoms with Gasteiger partial charge in [0.05, 0.1) is 11.7 Å². The van der Waals surface area contributed by atoms with E-state index in [-0.39, 0.29) is 17.9 Å². The van der Waals surface area contributed by atoms with Gasteiger partial charge in [0.15, 0.2) is 5.11 Å². The highest BCUT2D eigenvalue weighted by Gasteiger charge is 2.42. The molecule has 0 aliphatic carbocycles. The molecule has 0 saturated carbocycles. The Balaban J connectivity index is 1.60. The minimum atomic E-state index is -0.280. The zero-order valence-corrected chi connectivity index (χ0v) is 19.5. The molecular weight excluding hydrogens is 489 g/mol. The highest BCUT2D eigenvalue weighted by atomic mass is 79.9. The van der Waals surface area contributed by atoms with Crippen LogP contribution in [0.25, 0.3) is 11.3 Å². The number of furan rings is 1. The molecule has 4 aromatic rings. The number of anilines is 1. The van der Waals surface area contributed by atoms with Gasteiger partial charge in [0.25, 0.3) is 0 Å². The largest absolute Gasteiger partial charge is 0.459 e. The van der Waals surface area contributed by atoms with Crippen LogP contribution < -0.4 is 10.2 Å². The molecule has 5 rings (SSSR count). The number of hydrogen-bond donors (Lipinski definition) is 1. The number of nitrogens with one attached hydrogen (secondary N) is 1. The molecule has 1 saturated heterocycles. The van der Waals surface area contributed by atoms with Crippen molar-refractivity contribution >= 4 is 38.9 Å². The summed E-state index contributed by atoms with van der Waals surface area (Å²) in [7, 11) is 0. The number of halogens is 2. The average Bonchev–Trinajstić information content (AvgIpc) is 3.41. The van der Waals surface area contributed by atoms with Crippen molar-refractivity contribution in [3.8, 4) is 11.3 Å². The summed E-state index contributed by atoms with van der Waals surface area (Å²) in [6, 6.07) is 21.7. The minimum absolute atomic E-state index is 0.195. The van der Waals surface area contributed by atoms with E-state index in [2.05, 4.69) is 37.2 Å². The van der Waals surface area contributed by atoms with Gasteiger partial charge in [0.1, 0.15) is 23.4 Å². The number of hydrogen-bond acceptors (Lipinski definition) is 3. The molecule has 0 radical (unpaired) electrons. The zero-order valence-electron chi connectivity index (χ0n) is 17.1. The number of aromatic nitrogens is 1. The third-order valence-electron chi connectivity index (χ3n) is 5.56. The van der Waals surface area contributed by atoms with E-state index >= 15 is 0 Å². The molecule has 1 fully saturated rings. The van der Waals surface area contributed by atoms with Gasteiger partial charge in [-0.15, -0.1) is 0 Å². The van der Waals surface area contributed by atoms with Crippen molar-refractivity contribution in [2.75, 3.05) is 4.90 Å². The second kappa shape index (κ2) is 8.48. The summed E-state index contributed by atoms with van der Waals surface area (Å²) in [6.45, 7) is 2.05. The fourth-order valence-electron chi connectivity index (χ4n) is 3.98. The first-order chi connectivity index (χ1) is 15.5. The molecule has 7 heteroatoms.